The van der Waals surface area contributed by atoms with Gasteiger partial charge in [0.15, 0.2) is 5.78 Å². The van der Waals surface area contributed by atoms with Crippen LogP contribution in [-0.4, -0.2) is 47.0 Å². The number of hydrogen-bond donors (Lipinski definition) is 0. The highest BCUT2D eigenvalue weighted by Gasteiger charge is 2.53. The third kappa shape index (κ3) is 3.29. The molecule has 0 N–H and O–H groups in total. The zero-order valence-corrected chi connectivity index (χ0v) is 13.0. The summed E-state index contributed by atoms with van der Waals surface area (Å²) in [5.41, 5.74) is -1.72. The number of rotatable bonds is 2. The Bertz CT molecular complexity index is 422. The van der Waals surface area contributed by atoms with Crippen LogP contribution in [0.25, 0.3) is 0 Å². The van der Waals surface area contributed by atoms with Crippen molar-refractivity contribution in [3.8, 4) is 0 Å². The molecular weight excluding hydrogens is 262 g/mol. The number of carbonyl (C=O) groups is 3. The van der Waals surface area contributed by atoms with Crippen molar-refractivity contribution in [3.63, 3.8) is 0 Å². The smallest absolute Gasteiger partial charge is 0.411 e. The maximum atomic E-state index is 12.3. The Hall–Kier alpha value is -1.59. The summed E-state index contributed by atoms with van der Waals surface area (Å²) in [5.74, 6) is -1.84. The minimum absolute atomic E-state index is 0.000417. The highest BCUT2D eigenvalue weighted by Crippen LogP contribution is 2.31. The molecule has 1 heterocycles. The van der Waals surface area contributed by atoms with Gasteiger partial charge in [0.1, 0.15) is 17.1 Å². The third-order valence-electron chi connectivity index (χ3n) is 3.14. The van der Waals surface area contributed by atoms with Crippen LogP contribution in [-0.2, 0) is 19.1 Å². The summed E-state index contributed by atoms with van der Waals surface area (Å²) in [4.78, 5) is 37.5. The third-order valence-corrected chi connectivity index (χ3v) is 3.14. The van der Waals surface area contributed by atoms with Gasteiger partial charge in [-0.05, 0) is 41.5 Å². The first-order valence-electron chi connectivity index (χ1n) is 6.72. The second kappa shape index (κ2) is 5.42. The zero-order chi connectivity index (χ0) is 15.7. The molecule has 0 radical (unpaired) electrons. The Kier molecular flexibility index (Phi) is 4.46. The first-order valence-corrected chi connectivity index (χ1v) is 6.72. The van der Waals surface area contributed by atoms with Crippen LogP contribution in [0.2, 0.25) is 0 Å². The summed E-state index contributed by atoms with van der Waals surface area (Å²) in [6.45, 7) is 10.3. The van der Waals surface area contributed by atoms with Gasteiger partial charge in [0.25, 0.3) is 0 Å². The number of hydrogen-bond acceptors (Lipinski definition) is 5. The molecule has 0 spiro atoms. The lowest BCUT2D eigenvalue weighted by Crippen LogP contribution is -2.48. The van der Waals surface area contributed by atoms with E-state index >= 15 is 0 Å². The van der Waals surface area contributed by atoms with Gasteiger partial charge in [0.2, 0.25) is 0 Å². The molecular formula is C14H23NO5. The number of esters is 1. The molecule has 0 unspecified atom stereocenters. The monoisotopic (exact) mass is 285 g/mol. The Balaban J connectivity index is 2.92. The quantitative estimate of drug-likeness (QED) is 0.571. The number of ether oxygens (including phenoxy) is 2. The number of Topliss-reactive ketones (excluding diaryl/α,β-unsaturated/α-hetero) is 1. The average Bonchev–Trinajstić information content (AvgIpc) is 2.49. The lowest BCUT2D eigenvalue weighted by Gasteiger charge is -2.31. The number of carbonyl (C=O) groups excluding carboxylic acids is 3. The molecule has 1 saturated heterocycles. The fourth-order valence-corrected chi connectivity index (χ4v) is 2.10. The van der Waals surface area contributed by atoms with Crippen LogP contribution in [0.5, 0.6) is 0 Å². The molecule has 20 heavy (non-hydrogen) atoms. The van der Waals surface area contributed by atoms with Gasteiger partial charge >= 0.3 is 12.1 Å². The van der Waals surface area contributed by atoms with Crippen LogP contribution in [0, 0.1) is 5.92 Å². The standard InChI is InChI=1S/C14H23NO5/c1-7-19-11(17)9-8-15(14(5,6)10(9)16)12(18)20-13(2,3)4/h9H,7-8H2,1-6H3/t9-/m0/s1. The summed E-state index contributed by atoms with van der Waals surface area (Å²) in [6.07, 6.45) is -0.595. The van der Waals surface area contributed by atoms with Crippen molar-refractivity contribution in [2.75, 3.05) is 13.2 Å². The molecule has 1 atom stereocenters. The lowest BCUT2D eigenvalue weighted by molar-refractivity contribution is -0.150. The van der Waals surface area contributed by atoms with E-state index in [0.717, 1.165) is 0 Å². The van der Waals surface area contributed by atoms with Crippen molar-refractivity contribution in [3.05, 3.63) is 0 Å². The van der Waals surface area contributed by atoms with Gasteiger partial charge in [0, 0.05) is 6.54 Å². The van der Waals surface area contributed by atoms with Crippen molar-refractivity contribution in [1.82, 2.24) is 4.90 Å². The fraction of sp³-hybridized carbons (Fsp3) is 0.786. The summed E-state index contributed by atoms with van der Waals surface area (Å²) in [6, 6.07) is 0. The van der Waals surface area contributed by atoms with Crippen LogP contribution in [0.15, 0.2) is 0 Å². The predicted octanol–water partition coefficient (Wildman–Crippen LogP) is 1.76. The van der Waals surface area contributed by atoms with Crippen LogP contribution in [0.1, 0.15) is 41.5 Å². The van der Waals surface area contributed by atoms with Crippen molar-refractivity contribution in [2.45, 2.75) is 52.7 Å². The topological polar surface area (TPSA) is 72.9 Å². The van der Waals surface area contributed by atoms with Crippen LogP contribution in [0.4, 0.5) is 4.79 Å². The summed E-state index contributed by atoms with van der Waals surface area (Å²) < 4.78 is 10.2. The van der Waals surface area contributed by atoms with Crippen molar-refractivity contribution in [1.29, 1.82) is 0 Å². The Labute approximate surface area is 119 Å². The SMILES string of the molecule is CCOC(=O)[C@H]1CN(C(=O)OC(C)(C)C)C(C)(C)C1=O. The van der Waals surface area contributed by atoms with Crippen molar-refractivity contribution in [2.24, 2.45) is 5.92 Å². The fourth-order valence-electron chi connectivity index (χ4n) is 2.10. The molecule has 0 aliphatic carbocycles. The van der Waals surface area contributed by atoms with E-state index in [-0.39, 0.29) is 18.9 Å². The molecule has 0 aromatic rings. The van der Waals surface area contributed by atoms with Crippen LogP contribution < -0.4 is 0 Å². The van der Waals surface area contributed by atoms with E-state index in [1.807, 2.05) is 0 Å². The predicted molar refractivity (Wildman–Crippen MR) is 72.1 cm³/mol. The molecule has 0 saturated carbocycles. The maximum Gasteiger partial charge on any atom is 0.411 e. The molecule has 1 amide bonds. The summed E-state index contributed by atoms with van der Waals surface area (Å²) in [7, 11) is 0. The van der Waals surface area contributed by atoms with Gasteiger partial charge in [0.05, 0.1) is 6.61 Å². The zero-order valence-electron chi connectivity index (χ0n) is 13.0. The second-order valence-electron chi connectivity index (χ2n) is 6.32. The number of ketones is 1. The molecule has 0 aromatic carbocycles. The van der Waals surface area contributed by atoms with E-state index in [0.29, 0.717) is 0 Å². The van der Waals surface area contributed by atoms with Gasteiger partial charge in [-0.25, -0.2) is 4.79 Å². The molecule has 6 nitrogen and oxygen atoms in total. The van der Waals surface area contributed by atoms with E-state index in [9.17, 15) is 14.4 Å². The van der Waals surface area contributed by atoms with Crippen LogP contribution >= 0.6 is 0 Å². The summed E-state index contributed by atoms with van der Waals surface area (Å²) >= 11 is 0. The van der Waals surface area contributed by atoms with E-state index in [1.54, 1.807) is 41.5 Å². The molecule has 1 fully saturated rings. The van der Waals surface area contributed by atoms with Crippen molar-refractivity contribution >= 4 is 17.8 Å². The van der Waals surface area contributed by atoms with Gasteiger partial charge < -0.3 is 9.47 Å². The highest BCUT2D eigenvalue weighted by atomic mass is 16.6. The van der Waals surface area contributed by atoms with Gasteiger partial charge in [-0.1, -0.05) is 0 Å². The molecule has 6 heteroatoms. The van der Waals surface area contributed by atoms with Gasteiger partial charge in [-0.3, -0.25) is 14.5 Å². The minimum atomic E-state index is -1.07. The first kappa shape index (κ1) is 16.5. The molecule has 114 valence electrons. The van der Waals surface area contributed by atoms with Crippen molar-refractivity contribution < 1.29 is 23.9 Å². The average molecular weight is 285 g/mol. The summed E-state index contributed by atoms with van der Waals surface area (Å²) in [5, 5.41) is 0. The number of likely N-dealkylation sites (tertiary alicyclic amines) is 1. The molecule has 0 bridgehead atoms. The molecule has 1 rings (SSSR count). The Morgan fingerprint density at radius 2 is 1.90 bits per heavy atom. The Morgan fingerprint density at radius 1 is 1.35 bits per heavy atom. The molecule has 1 aliphatic rings. The molecule has 0 aromatic heterocycles. The number of nitrogens with zero attached hydrogens (tertiary/aromatic N) is 1. The Morgan fingerprint density at radius 3 is 2.35 bits per heavy atom. The van der Waals surface area contributed by atoms with E-state index in [1.165, 1.54) is 4.90 Å². The van der Waals surface area contributed by atoms with Gasteiger partial charge in [-0.15, -0.1) is 0 Å². The number of amides is 1. The normalized spacial score (nSPS) is 21.8. The van der Waals surface area contributed by atoms with Crippen LogP contribution in [0.3, 0.4) is 0 Å². The van der Waals surface area contributed by atoms with E-state index in [2.05, 4.69) is 0 Å². The minimum Gasteiger partial charge on any atom is -0.465 e. The van der Waals surface area contributed by atoms with E-state index < -0.39 is 29.1 Å². The largest absolute Gasteiger partial charge is 0.465 e. The highest BCUT2D eigenvalue weighted by molar-refractivity contribution is 6.07. The molecule has 1 aliphatic heterocycles. The lowest BCUT2D eigenvalue weighted by atomic mass is 9.95. The van der Waals surface area contributed by atoms with Gasteiger partial charge in [-0.2, -0.15) is 0 Å². The second-order valence-corrected chi connectivity index (χ2v) is 6.32. The first-order chi connectivity index (χ1) is 9.00. The van der Waals surface area contributed by atoms with E-state index in [4.69, 9.17) is 9.47 Å². The maximum absolute atomic E-state index is 12.3.